The zero-order chi connectivity index (χ0) is 12.5. The van der Waals surface area contributed by atoms with Crippen LogP contribution in [-0.2, 0) is 0 Å². The SMILES string of the molecule is O=[N+]([O-])c1ccc(NC2CCN(C3CC3)C2)cc1. The molecule has 0 aromatic heterocycles. The van der Waals surface area contributed by atoms with E-state index < -0.39 is 0 Å². The number of nitrogens with one attached hydrogen (secondary N) is 1. The molecule has 1 unspecified atom stereocenters. The molecule has 0 amide bonds. The highest BCUT2D eigenvalue weighted by Crippen LogP contribution is 2.30. The molecule has 2 fully saturated rings. The molecule has 1 atom stereocenters. The first-order valence-electron chi connectivity index (χ1n) is 6.47. The van der Waals surface area contributed by atoms with E-state index in [1.165, 1.54) is 19.4 Å². The van der Waals surface area contributed by atoms with E-state index in [4.69, 9.17) is 0 Å². The molecular formula is C13H17N3O2. The van der Waals surface area contributed by atoms with Gasteiger partial charge >= 0.3 is 0 Å². The van der Waals surface area contributed by atoms with Crippen LogP contribution in [-0.4, -0.2) is 35.0 Å². The molecular weight excluding hydrogens is 230 g/mol. The van der Waals surface area contributed by atoms with Crippen LogP contribution in [0.25, 0.3) is 0 Å². The normalized spacial score (nSPS) is 24.1. The van der Waals surface area contributed by atoms with Crippen LogP contribution >= 0.6 is 0 Å². The Morgan fingerprint density at radius 1 is 1.22 bits per heavy atom. The van der Waals surface area contributed by atoms with Crippen LogP contribution in [0.2, 0.25) is 0 Å². The van der Waals surface area contributed by atoms with Gasteiger partial charge in [0.15, 0.2) is 0 Å². The molecule has 5 heteroatoms. The number of anilines is 1. The van der Waals surface area contributed by atoms with Gasteiger partial charge in [-0.2, -0.15) is 0 Å². The van der Waals surface area contributed by atoms with Crippen molar-refractivity contribution in [2.24, 2.45) is 0 Å². The van der Waals surface area contributed by atoms with Gasteiger partial charge in [-0.3, -0.25) is 15.0 Å². The summed E-state index contributed by atoms with van der Waals surface area (Å²) in [7, 11) is 0. The highest BCUT2D eigenvalue weighted by atomic mass is 16.6. The van der Waals surface area contributed by atoms with E-state index in [0.29, 0.717) is 6.04 Å². The lowest BCUT2D eigenvalue weighted by atomic mass is 10.2. The van der Waals surface area contributed by atoms with Crippen molar-refractivity contribution >= 4 is 11.4 Å². The number of benzene rings is 1. The Morgan fingerprint density at radius 2 is 1.94 bits per heavy atom. The van der Waals surface area contributed by atoms with E-state index in [1.54, 1.807) is 24.3 Å². The average Bonchev–Trinajstić information content (AvgIpc) is 3.11. The number of nitrogens with zero attached hydrogens (tertiary/aromatic N) is 2. The summed E-state index contributed by atoms with van der Waals surface area (Å²) >= 11 is 0. The second kappa shape index (κ2) is 4.57. The van der Waals surface area contributed by atoms with E-state index in [9.17, 15) is 10.1 Å². The first kappa shape index (κ1) is 11.5. The van der Waals surface area contributed by atoms with Gasteiger partial charge in [0.25, 0.3) is 5.69 Å². The number of nitro benzene ring substituents is 1. The fraction of sp³-hybridized carbons (Fsp3) is 0.538. The summed E-state index contributed by atoms with van der Waals surface area (Å²) in [6.07, 6.45) is 3.86. The smallest absolute Gasteiger partial charge is 0.269 e. The lowest BCUT2D eigenvalue weighted by Crippen LogP contribution is -2.27. The summed E-state index contributed by atoms with van der Waals surface area (Å²) in [4.78, 5) is 12.7. The van der Waals surface area contributed by atoms with Crippen molar-refractivity contribution in [2.45, 2.75) is 31.3 Å². The third-order valence-corrected chi connectivity index (χ3v) is 3.73. The third kappa shape index (κ3) is 2.46. The topological polar surface area (TPSA) is 58.4 Å². The summed E-state index contributed by atoms with van der Waals surface area (Å²) in [5.41, 5.74) is 1.12. The highest BCUT2D eigenvalue weighted by Gasteiger charge is 2.34. The fourth-order valence-electron chi connectivity index (χ4n) is 2.59. The monoisotopic (exact) mass is 247 g/mol. The molecule has 3 rings (SSSR count). The molecule has 1 N–H and O–H groups in total. The predicted octanol–water partition coefficient (Wildman–Crippen LogP) is 2.24. The van der Waals surface area contributed by atoms with Gasteiger partial charge in [-0.25, -0.2) is 0 Å². The molecule has 1 saturated heterocycles. The van der Waals surface area contributed by atoms with E-state index in [-0.39, 0.29) is 10.6 Å². The molecule has 2 aliphatic rings. The van der Waals surface area contributed by atoms with Gasteiger partial charge in [0.1, 0.15) is 0 Å². The van der Waals surface area contributed by atoms with Crippen LogP contribution in [0.1, 0.15) is 19.3 Å². The summed E-state index contributed by atoms with van der Waals surface area (Å²) in [6.45, 7) is 2.27. The van der Waals surface area contributed by atoms with Crippen molar-refractivity contribution in [3.05, 3.63) is 34.4 Å². The Labute approximate surface area is 106 Å². The van der Waals surface area contributed by atoms with Crippen LogP contribution in [0.3, 0.4) is 0 Å². The van der Waals surface area contributed by atoms with E-state index in [0.717, 1.165) is 24.7 Å². The van der Waals surface area contributed by atoms with Crippen molar-refractivity contribution in [3.8, 4) is 0 Å². The molecule has 18 heavy (non-hydrogen) atoms. The summed E-state index contributed by atoms with van der Waals surface area (Å²) < 4.78 is 0. The van der Waals surface area contributed by atoms with Gasteiger partial charge in [0.05, 0.1) is 4.92 Å². The lowest BCUT2D eigenvalue weighted by Gasteiger charge is -2.16. The number of nitro groups is 1. The maximum absolute atomic E-state index is 10.6. The molecule has 1 saturated carbocycles. The molecule has 1 heterocycles. The number of likely N-dealkylation sites (tertiary alicyclic amines) is 1. The zero-order valence-corrected chi connectivity index (χ0v) is 10.2. The minimum atomic E-state index is -0.367. The van der Waals surface area contributed by atoms with Crippen LogP contribution in [0.15, 0.2) is 24.3 Å². The van der Waals surface area contributed by atoms with Gasteiger partial charge in [-0.1, -0.05) is 0 Å². The number of non-ortho nitro benzene ring substituents is 1. The number of hydrogen-bond donors (Lipinski definition) is 1. The molecule has 0 spiro atoms. The summed E-state index contributed by atoms with van der Waals surface area (Å²) in [5.74, 6) is 0. The molecule has 0 radical (unpaired) electrons. The predicted molar refractivity (Wildman–Crippen MR) is 69.7 cm³/mol. The zero-order valence-electron chi connectivity index (χ0n) is 10.2. The average molecular weight is 247 g/mol. The van der Waals surface area contributed by atoms with E-state index >= 15 is 0 Å². The minimum absolute atomic E-state index is 0.145. The van der Waals surface area contributed by atoms with Crippen LogP contribution in [0.4, 0.5) is 11.4 Å². The molecule has 1 aliphatic carbocycles. The van der Waals surface area contributed by atoms with Crippen molar-refractivity contribution in [1.29, 1.82) is 0 Å². The van der Waals surface area contributed by atoms with Gasteiger partial charge < -0.3 is 5.32 Å². The van der Waals surface area contributed by atoms with Crippen LogP contribution < -0.4 is 5.32 Å². The first-order chi connectivity index (χ1) is 8.72. The molecule has 96 valence electrons. The van der Waals surface area contributed by atoms with Crippen LogP contribution in [0.5, 0.6) is 0 Å². The summed E-state index contributed by atoms with van der Waals surface area (Å²) in [6, 6.07) is 7.99. The third-order valence-electron chi connectivity index (χ3n) is 3.73. The Kier molecular flexibility index (Phi) is 2.91. The Morgan fingerprint density at radius 3 is 2.56 bits per heavy atom. The van der Waals surface area contributed by atoms with Gasteiger partial charge in [0, 0.05) is 43.0 Å². The summed E-state index contributed by atoms with van der Waals surface area (Å²) in [5, 5.41) is 14.0. The van der Waals surface area contributed by atoms with Crippen molar-refractivity contribution in [3.63, 3.8) is 0 Å². The van der Waals surface area contributed by atoms with Gasteiger partial charge in [-0.15, -0.1) is 0 Å². The second-order valence-corrected chi connectivity index (χ2v) is 5.16. The molecule has 5 nitrogen and oxygen atoms in total. The molecule has 1 aliphatic heterocycles. The fourth-order valence-corrected chi connectivity index (χ4v) is 2.59. The highest BCUT2D eigenvalue weighted by molar-refractivity contribution is 5.49. The second-order valence-electron chi connectivity index (χ2n) is 5.16. The van der Waals surface area contributed by atoms with Crippen molar-refractivity contribution in [1.82, 2.24) is 4.90 Å². The number of rotatable bonds is 4. The molecule has 1 aromatic carbocycles. The Bertz CT molecular complexity index is 442. The maximum atomic E-state index is 10.6. The van der Waals surface area contributed by atoms with Gasteiger partial charge in [-0.05, 0) is 31.4 Å². The standard InChI is InChI=1S/C13H17N3O2/c17-16(18)13-3-1-10(2-4-13)14-11-7-8-15(9-11)12-5-6-12/h1-4,11-12,14H,5-9H2. The van der Waals surface area contributed by atoms with E-state index in [1.807, 2.05) is 0 Å². The van der Waals surface area contributed by atoms with Crippen molar-refractivity contribution in [2.75, 3.05) is 18.4 Å². The molecule has 1 aromatic rings. The Balaban J connectivity index is 1.57. The Hall–Kier alpha value is -1.62. The van der Waals surface area contributed by atoms with E-state index in [2.05, 4.69) is 10.2 Å². The molecule has 0 bridgehead atoms. The number of hydrogen-bond acceptors (Lipinski definition) is 4. The largest absolute Gasteiger partial charge is 0.381 e. The van der Waals surface area contributed by atoms with Crippen LogP contribution in [0, 0.1) is 10.1 Å². The quantitative estimate of drug-likeness (QED) is 0.655. The minimum Gasteiger partial charge on any atom is -0.381 e. The maximum Gasteiger partial charge on any atom is 0.269 e. The van der Waals surface area contributed by atoms with Gasteiger partial charge in [0.2, 0.25) is 0 Å². The lowest BCUT2D eigenvalue weighted by molar-refractivity contribution is -0.384. The van der Waals surface area contributed by atoms with Crippen molar-refractivity contribution < 1.29 is 4.92 Å². The first-order valence-corrected chi connectivity index (χ1v) is 6.47.